The van der Waals surface area contributed by atoms with Crippen molar-refractivity contribution in [3.8, 4) is 39.4 Å². The Morgan fingerprint density at radius 1 is 0.604 bits per heavy atom. The minimum atomic E-state index is -0.0338. The van der Waals surface area contributed by atoms with E-state index in [4.69, 9.17) is 10.2 Å². The molecule has 254 valence electrons. The number of nitriles is 1. The lowest BCUT2D eigenvalue weighted by molar-refractivity contribution is -0.444. The van der Waals surface area contributed by atoms with E-state index in [9.17, 15) is 5.26 Å². The van der Waals surface area contributed by atoms with Crippen LogP contribution in [0.1, 0.15) is 62.7 Å². The van der Waals surface area contributed by atoms with Crippen molar-refractivity contribution in [3.05, 3.63) is 196 Å². The van der Waals surface area contributed by atoms with Gasteiger partial charge in [0.1, 0.15) is 5.69 Å². The average molecular weight is 684 g/mol. The molecular formula is C49H39N4+. The summed E-state index contributed by atoms with van der Waals surface area (Å²) in [4.78, 5) is 0. The Morgan fingerprint density at radius 2 is 1.19 bits per heavy atom. The lowest BCUT2D eigenvalue weighted by Gasteiger charge is -2.24. The zero-order valence-electron chi connectivity index (χ0n) is 30.1. The molecule has 6 aromatic carbocycles. The molecule has 0 bridgehead atoms. The summed E-state index contributed by atoms with van der Waals surface area (Å²) in [6, 6.07) is 54.6. The third-order valence-corrected chi connectivity index (χ3v) is 11.1. The largest absolute Gasteiger partial charge is 0.234 e. The highest BCUT2D eigenvalue weighted by molar-refractivity contribution is 6.00. The molecule has 1 aromatic heterocycles. The molecule has 4 nitrogen and oxygen atoms in total. The fourth-order valence-electron chi connectivity index (χ4n) is 8.55. The molecule has 0 saturated carbocycles. The predicted octanol–water partition coefficient (Wildman–Crippen LogP) is 10.8. The van der Waals surface area contributed by atoms with Crippen LogP contribution in [0.25, 0.3) is 33.4 Å². The van der Waals surface area contributed by atoms with Crippen molar-refractivity contribution in [2.24, 2.45) is 0 Å². The van der Waals surface area contributed by atoms with Crippen LogP contribution >= 0.6 is 0 Å². The maximum absolute atomic E-state index is 9.39. The maximum atomic E-state index is 9.39. The van der Waals surface area contributed by atoms with Gasteiger partial charge in [-0.05, 0) is 106 Å². The van der Waals surface area contributed by atoms with E-state index in [2.05, 4.69) is 158 Å². The summed E-state index contributed by atoms with van der Waals surface area (Å²) in [5.41, 5.74) is 20.2. The van der Waals surface area contributed by atoms with Crippen molar-refractivity contribution >= 4 is 11.4 Å². The Labute approximate surface area is 311 Å². The van der Waals surface area contributed by atoms with E-state index < -0.39 is 0 Å². The Balaban J connectivity index is 1.27. The van der Waals surface area contributed by atoms with Gasteiger partial charge in [0.05, 0.1) is 22.9 Å². The van der Waals surface area contributed by atoms with E-state index in [0.717, 1.165) is 37.2 Å². The first kappa shape index (κ1) is 32.5. The summed E-state index contributed by atoms with van der Waals surface area (Å²) in [6.45, 7) is 5.13. The molecule has 7 aromatic rings. The molecule has 9 rings (SSSR count). The fourth-order valence-corrected chi connectivity index (χ4v) is 8.55. The topological polar surface area (TPSA) is 52.6 Å². The quantitative estimate of drug-likeness (QED) is 0.157. The van der Waals surface area contributed by atoms with Crippen molar-refractivity contribution in [1.82, 2.24) is 10.2 Å². The standard InChI is InChI=1S/C49H39N4/c1-32-47(49(33(2)52-51-32)53-28-27-38-15-9-10-16-41(38)46(53)26-21-34-17-19-35(31-50)20-18-34)48-44-29-39(36-11-5-3-6-12-36)22-24-42(44)43-25-23-40(30-45(43)48)37-13-7-4-8-14-37/h3-20,22-25,29-30,48H,21,26-28H2,1-2H3/q+1. The van der Waals surface area contributed by atoms with Gasteiger partial charge in [0.15, 0.2) is 12.3 Å². The predicted molar refractivity (Wildman–Crippen MR) is 214 cm³/mol. The van der Waals surface area contributed by atoms with Gasteiger partial charge in [-0.3, -0.25) is 0 Å². The minimum absolute atomic E-state index is 0.0338. The highest BCUT2D eigenvalue weighted by Gasteiger charge is 2.39. The first-order chi connectivity index (χ1) is 26.1. The van der Waals surface area contributed by atoms with Gasteiger partial charge >= 0.3 is 0 Å². The third-order valence-electron chi connectivity index (χ3n) is 11.1. The van der Waals surface area contributed by atoms with Crippen molar-refractivity contribution in [3.63, 3.8) is 0 Å². The Kier molecular flexibility index (Phi) is 8.33. The van der Waals surface area contributed by atoms with Crippen LogP contribution < -0.4 is 0 Å². The molecule has 53 heavy (non-hydrogen) atoms. The second-order valence-electron chi connectivity index (χ2n) is 14.2. The molecule has 0 atom stereocenters. The molecule has 1 aliphatic heterocycles. The first-order valence-corrected chi connectivity index (χ1v) is 18.5. The number of benzene rings is 6. The summed E-state index contributed by atoms with van der Waals surface area (Å²) in [5, 5.41) is 19.1. The summed E-state index contributed by atoms with van der Waals surface area (Å²) in [5.74, 6) is -0.0338. The number of rotatable bonds is 7. The second-order valence-corrected chi connectivity index (χ2v) is 14.2. The van der Waals surface area contributed by atoms with E-state index >= 15 is 0 Å². The molecule has 0 spiro atoms. The van der Waals surface area contributed by atoms with Crippen LogP contribution in [0.2, 0.25) is 0 Å². The van der Waals surface area contributed by atoms with Gasteiger partial charge in [0, 0.05) is 24.3 Å². The van der Waals surface area contributed by atoms with E-state index in [1.54, 1.807) is 0 Å². The summed E-state index contributed by atoms with van der Waals surface area (Å²) in [7, 11) is 0. The van der Waals surface area contributed by atoms with Gasteiger partial charge in [-0.2, -0.15) is 14.9 Å². The molecule has 0 saturated heterocycles. The number of fused-ring (bicyclic) bond motifs is 4. The molecule has 0 unspecified atom stereocenters. The SMILES string of the molecule is Cc1nnc(C)c([N+]2=C(CCc3ccc(C#N)cc3)c3ccccc3CC2)c1C1c2cc(-c3ccccc3)ccc2-c2ccc(-c3ccccc3)cc21. The number of hydrogen-bond acceptors (Lipinski definition) is 3. The smallest absolute Gasteiger partial charge is 0.193 e. The van der Waals surface area contributed by atoms with Crippen molar-refractivity contribution in [2.75, 3.05) is 6.54 Å². The Bertz CT molecular complexity index is 2490. The summed E-state index contributed by atoms with van der Waals surface area (Å²) in [6.07, 6.45) is 2.68. The molecule has 0 fully saturated rings. The van der Waals surface area contributed by atoms with Crippen molar-refractivity contribution in [1.29, 1.82) is 5.26 Å². The number of nitrogens with zero attached hydrogens (tertiary/aromatic N) is 4. The fraction of sp³-hybridized carbons (Fsp3) is 0.143. The second kappa shape index (κ2) is 13.6. The van der Waals surface area contributed by atoms with E-state index in [-0.39, 0.29) is 5.92 Å². The summed E-state index contributed by atoms with van der Waals surface area (Å²) < 4.78 is 2.57. The van der Waals surface area contributed by atoms with E-state index in [0.29, 0.717) is 5.56 Å². The van der Waals surface area contributed by atoms with Crippen LogP contribution in [0, 0.1) is 25.2 Å². The zero-order valence-corrected chi connectivity index (χ0v) is 30.1. The highest BCUT2D eigenvalue weighted by atomic mass is 15.1. The number of aryl methyl sites for hydroxylation is 3. The van der Waals surface area contributed by atoms with Crippen molar-refractivity contribution in [2.45, 2.75) is 39.0 Å². The van der Waals surface area contributed by atoms with Crippen LogP contribution in [-0.4, -0.2) is 27.0 Å². The number of hydrogen-bond donors (Lipinski definition) is 0. The first-order valence-electron chi connectivity index (χ1n) is 18.5. The zero-order chi connectivity index (χ0) is 35.9. The molecule has 1 aliphatic carbocycles. The monoisotopic (exact) mass is 683 g/mol. The average Bonchev–Trinajstić information content (AvgIpc) is 3.54. The number of aromatic nitrogens is 2. The lowest BCUT2D eigenvalue weighted by Crippen LogP contribution is -2.29. The van der Waals surface area contributed by atoms with Crippen LogP contribution in [0.5, 0.6) is 0 Å². The third kappa shape index (κ3) is 5.85. The van der Waals surface area contributed by atoms with Gasteiger partial charge in [0.2, 0.25) is 5.69 Å². The molecule has 0 amide bonds. The van der Waals surface area contributed by atoms with Gasteiger partial charge in [-0.25, -0.2) is 0 Å². The molecule has 2 aliphatic rings. The molecule has 0 N–H and O–H groups in total. The maximum Gasteiger partial charge on any atom is 0.234 e. The van der Waals surface area contributed by atoms with E-state index in [1.165, 1.54) is 78.2 Å². The van der Waals surface area contributed by atoms with E-state index in [1.807, 2.05) is 12.1 Å². The van der Waals surface area contributed by atoms with Crippen molar-refractivity contribution < 1.29 is 4.58 Å². The molecule has 0 radical (unpaired) electrons. The van der Waals surface area contributed by atoms with Crippen LogP contribution in [0.15, 0.2) is 146 Å². The van der Waals surface area contributed by atoms with Gasteiger partial charge < -0.3 is 0 Å². The summed E-state index contributed by atoms with van der Waals surface area (Å²) >= 11 is 0. The Hall–Kier alpha value is -6.44. The minimum Gasteiger partial charge on any atom is -0.193 e. The van der Waals surface area contributed by atoms with Crippen LogP contribution in [-0.2, 0) is 12.8 Å². The van der Waals surface area contributed by atoms with Gasteiger partial charge in [0.25, 0.3) is 0 Å². The van der Waals surface area contributed by atoms with Crippen LogP contribution in [0.4, 0.5) is 5.69 Å². The normalized spacial score (nSPS) is 13.3. The lowest BCUT2D eigenvalue weighted by atomic mass is 9.84. The Morgan fingerprint density at radius 3 is 1.81 bits per heavy atom. The highest BCUT2D eigenvalue weighted by Crippen LogP contribution is 2.53. The molecule has 2 heterocycles. The molecular weight excluding hydrogens is 645 g/mol. The van der Waals surface area contributed by atoms with Gasteiger partial charge in [-0.15, -0.1) is 5.10 Å². The van der Waals surface area contributed by atoms with Gasteiger partial charge in [-0.1, -0.05) is 115 Å². The van der Waals surface area contributed by atoms with Crippen LogP contribution in [0.3, 0.4) is 0 Å². The molecule has 4 heteroatoms.